The summed E-state index contributed by atoms with van der Waals surface area (Å²) in [6.45, 7) is 13.2. The van der Waals surface area contributed by atoms with Gasteiger partial charge in [0.25, 0.3) is 0 Å². The SMILES string of the molecule is CCCCCCCCCCC(O)CN(CCCCC1NC(=O)C(CCCCN(CC(O)CCCCCCCCCC)CC(CCCCCCCCCC)OC)NC1=O)CC(O)CCCCCCCCCC. The van der Waals surface area contributed by atoms with Gasteiger partial charge in [-0.1, -0.05) is 233 Å². The zero-order valence-corrected chi connectivity index (χ0v) is 47.9. The Morgan fingerprint density at radius 2 is 0.648 bits per heavy atom. The van der Waals surface area contributed by atoms with E-state index in [-0.39, 0.29) is 24.0 Å². The van der Waals surface area contributed by atoms with E-state index in [2.05, 4.69) is 48.1 Å². The van der Waals surface area contributed by atoms with Crippen LogP contribution in [0.15, 0.2) is 0 Å². The van der Waals surface area contributed by atoms with E-state index < -0.39 is 24.3 Å². The van der Waals surface area contributed by atoms with E-state index in [0.29, 0.717) is 32.5 Å². The fraction of sp³-hybridized carbons (Fsp3) is 0.967. The highest BCUT2D eigenvalue weighted by molar-refractivity contribution is 5.96. The zero-order chi connectivity index (χ0) is 51.8. The molecule has 1 fully saturated rings. The molecular formula is C61H122N4O6. The Bertz CT molecular complexity index is 1140. The van der Waals surface area contributed by atoms with Gasteiger partial charge in [-0.25, -0.2) is 0 Å². The minimum Gasteiger partial charge on any atom is -0.392 e. The van der Waals surface area contributed by atoms with Gasteiger partial charge >= 0.3 is 0 Å². The number of nitrogens with zero attached hydrogens (tertiary/aromatic N) is 2. The van der Waals surface area contributed by atoms with Crippen LogP contribution in [0.2, 0.25) is 0 Å². The molecule has 0 bridgehead atoms. The van der Waals surface area contributed by atoms with Gasteiger partial charge in [-0.05, 0) is 77.3 Å². The molecule has 6 unspecified atom stereocenters. The van der Waals surface area contributed by atoms with Gasteiger partial charge in [0, 0.05) is 33.3 Å². The number of aliphatic hydroxyl groups is 3. The number of piperazine rings is 1. The summed E-state index contributed by atoms with van der Waals surface area (Å²) in [6.07, 6.45) is 47.3. The van der Waals surface area contributed by atoms with Crippen LogP contribution in [0, 0.1) is 0 Å². The van der Waals surface area contributed by atoms with E-state index in [4.69, 9.17) is 4.74 Å². The Morgan fingerprint density at radius 1 is 0.380 bits per heavy atom. The van der Waals surface area contributed by atoms with Crippen LogP contribution in [-0.2, 0) is 14.3 Å². The van der Waals surface area contributed by atoms with Gasteiger partial charge in [0.05, 0.1) is 24.4 Å². The summed E-state index contributed by atoms with van der Waals surface area (Å²) in [5.41, 5.74) is 0. The summed E-state index contributed by atoms with van der Waals surface area (Å²) in [7, 11) is 1.83. The number of aliphatic hydroxyl groups excluding tert-OH is 3. The Balaban J connectivity index is 2.63. The molecular weight excluding hydrogens is 885 g/mol. The Hall–Kier alpha value is -1.30. The molecule has 2 amide bonds. The van der Waals surface area contributed by atoms with E-state index in [0.717, 1.165) is 103 Å². The summed E-state index contributed by atoms with van der Waals surface area (Å²) in [4.78, 5) is 31.3. The maximum absolute atomic E-state index is 13.3. The van der Waals surface area contributed by atoms with Crippen molar-refractivity contribution in [1.82, 2.24) is 20.4 Å². The maximum Gasteiger partial charge on any atom is 0.243 e. The molecule has 1 aliphatic rings. The van der Waals surface area contributed by atoms with Gasteiger partial charge in [0.15, 0.2) is 0 Å². The summed E-state index contributed by atoms with van der Waals surface area (Å²) in [6, 6.07) is -1.05. The largest absolute Gasteiger partial charge is 0.392 e. The topological polar surface area (TPSA) is 135 Å². The van der Waals surface area contributed by atoms with Crippen molar-refractivity contribution in [1.29, 1.82) is 0 Å². The Kier molecular flexibility index (Phi) is 47.3. The third kappa shape index (κ3) is 40.7. The lowest BCUT2D eigenvalue weighted by Gasteiger charge is -2.31. The van der Waals surface area contributed by atoms with Crippen LogP contribution in [0.4, 0.5) is 0 Å². The van der Waals surface area contributed by atoms with Gasteiger partial charge in [-0.15, -0.1) is 0 Å². The third-order valence-electron chi connectivity index (χ3n) is 15.5. The second-order valence-corrected chi connectivity index (χ2v) is 22.5. The summed E-state index contributed by atoms with van der Waals surface area (Å²) >= 11 is 0. The van der Waals surface area contributed by atoms with Crippen LogP contribution in [0.1, 0.15) is 297 Å². The van der Waals surface area contributed by atoms with E-state index in [1.54, 1.807) is 0 Å². The lowest BCUT2D eigenvalue weighted by molar-refractivity contribution is -0.137. The molecule has 422 valence electrons. The summed E-state index contributed by atoms with van der Waals surface area (Å²) in [5, 5.41) is 39.4. The van der Waals surface area contributed by atoms with E-state index in [1.165, 1.54) is 173 Å². The number of unbranched alkanes of at least 4 members (excludes halogenated alkanes) is 30. The number of carbonyl (C=O) groups excluding carboxylic acids is 2. The summed E-state index contributed by atoms with van der Waals surface area (Å²) in [5.74, 6) is -0.186. The van der Waals surface area contributed by atoms with Crippen molar-refractivity contribution >= 4 is 11.8 Å². The molecule has 5 N–H and O–H groups in total. The number of rotatable bonds is 55. The standard InChI is InChI=1S/C61H122N4O6/c1-6-10-14-18-22-26-30-34-42-54(66)50-64(51-55(67)43-35-31-27-23-19-15-11-7-2)48-40-38-46-58-60(69)63-59(61(70)62-58)47-39-41-49-65(52-56(68)44-36-32-28-24-20-16-12-8-3)53-57(71-5)45-37-33-29-25-21-17-13-9-4/h54-59,66-68H,6-53H2,1-5H3,(H,62,70)(H,63,69). The minimum atomic E-state index is -0.530. The molecule has 0 aliphatic carbocycles. The van der Waals surface area contributed by atoms with Crippen LogP contribution in [-0.4, -0.2) is 120 Å². The number of amides is 2. The number of carbonyl (C=O) groups is 2. The van der Waals surface area contributed by atoms with Crippen molar-refractivity contribution in [3.8, 4) is 0 Å². The number of hydrogen-bond acceptors (Lipinski definition) is 8. The molecule has 10 heteroatoms. The van der Waals surface area contributed by atoms with Crippen LogP contribution in [0.5, 0.6) is 0 Å². The highest BCUT2D eigenvalue weighted by Crippen LogP contribution is 2.19. The van der Waals surface area contributed by atoms with Crippen molar-refractivity contribution in [2.24, 2.45) is 0 Å². The first-order chi connectivity index (χ1) is 34.7. The predicted molar refractivity (Wildman–Crippen MR) is 302 cm³/mol. The lowest BCUT2D eigenvalue weighted by atomic mass is 10.0. The Morgan fingerprint density at radius 3 is 0.944 bits per heavy atom. The highest BCUT2D eigenvalue weighted by Gasteiger charge is 2.33. The molecule has 1 rings (SSSR count). The average molecular weight is 1010 g/mol. The molecule has 1 heterocycles. The molecule has 0 saturated carbocycles. The van der Waals surface area contributed by atoms with E-state index in [1.807, 2.05) is 7.11 Å². The van der Waals surface area contributed by atoms with Crippen molar-refractivity contribution in [3.05, 3.63) is 0 Å². The second-order valence-electron chi connectivity index (χ2n) is 22.5. The van der Waals surface area contributed by atoms with Gasteiger partial charge in [-0.3, -0.25) is 19.4 Å². The van der Waals surface area contributed by atoms with Gasteiger partial charge in [0.2, 0.25) is 11.8 Å². The molecule has 0 aromatic carbocycles. The first-order valence-electron chi connectivity index (χ1n) is 31.3. The normalized spacial score (nSPS) is 17.0. The number of ether oxygens (including phenoxy) is 1. The zero-order valence-electron chi connectivity index (χ0n) is 47.9. The molecule has 0 aromatic heterocycles. The van der Waals surface area contributed by atoms with Gasteiger partial charge in [0.1, 0.15) is 12.1 Å². The van der Waals surface area contributed by atoms with Crippen molar-refractivity contribution in [2.75, 3.05) is 46.4 Å². The fourth-order valence-corrected chi connectivity index (χ4v) is 10.8. The molecule has 10 nitrogen and oxygen atoms in total. The first-order valence-corrected chi connectivity index (χ1v) is 31.3. The predicted octanol–water partition coefficient (Wildman–Crippen LogP) is 14.1. The van der Waals surface area contributed by atoms with Crippen molar-refractivity contribution in [3.63, 3.8) is 0 Å². The molecule has 0 aromatic rings. The lowest BCUT2D eigenvalue weighted by Crippen LogP contribution is -2.61. The molecule has 71 heavy (non-hydrogen) atoms. The van der Waals surface area contributed by atoms with Crippen LogP contribution in [0.25, 0.3) is 0 Å². The molecule has 1 saturated heterocycles. The maximum atomic E-state index is 13.3. The monoisotopic (exact) mass is 1010 g/mol. The minimum absolute atomic E-state index is 0.0909. The fourth-order valence-electron chi connectivity index (χ4n) is 10.8. The highest BCUT2D eigenvalue weighted by atomic mass is 16.5. The van der Waals surface area contributed by atoms with Gasteiger partial charge < -0.3 is 30.7 Å². The molecule has 6 atom stereocenters. The van der Waals surface area contributed by atoms with Gasteiger partial charge in [-0.2, -0.15) is 0 Å². The van der Waals surface area contributed by atoms with Crippen molar-refractivity contribution in [2.45, 2.75) is 334 Å². The van der Waals surface area contributed by atoms with E-state index >= 15 is 0 Å². The van der Waals surface area contributed by atoms with Crippen LogP contribution in [0.3, 0.4) is 0 Å². The number of nitrogens with one attached hydrogen (secondary N) is 2. The smallest absolute Gasteiger partial charge is 0.243 e. The van der Waals surface area contributed by atoms with Crippen LogP contribution >= 0.6 is 0 Å². The molecule has 0 spiro atoms. The van der Waals surface area contributed by atoms with E-state index in [9.17, 15) is 24.9 Å². The van der Waals surface area contributed by atoms with Crippen LogP contribution < -0.4 is 10.6 Å². The second kappa shape index (κ2) is 49.6. The Labute approximate surface area is 440 Å². The quantitative estimate of drug-likeness (QED) is 0.0380. The number of hydrogen-bond donors (Lipinski definition) is 5. The number of methoxy groups -OCH3 is 1. The van der Waals surface area contributed by atoms with Crippen molar-refractivity contribution < 1.29 is 29.6 Å². The summed E-state index contributed by atoms with van der Waals surface area (Å²) < 4.78 is 6.00. The first kappa shape index (κ1) is 67.7. The average Bonchev–Trinajstić information content (AvgIpc) is 3.35. The third-order valence-corrected chi connectivity index (χ3v) is 15.5. The molecule has 1 aliphatic heterocycles. The molecule has 0 radical (unpaired) electrons.